The largest absolute Gasteiger partial charge is 0.461 e. The summed E-state index contributed by atoms with van der Waals surface area (Å²) >= 11 is 7.65. The van der Waals surface area contributed by atoms with Crippen LogP contribution in [0.15, 0.2) is 53.4 Å². The fraction of sp³-hybridized carbons (Fsp3) is 0.217. The van der Waals surface area contributed by atoms with Crippen LogP contribution in [0.5, 0.6) is 0 Å². The lowest BCUT2D eigenvalue weighted by Crippen LogP contribution is -2.16. The molecule has 6 nitrogen and oxygen atoms in total. The number of nitrogens with zero attached hydrogens (tertiary/aromatic N) is 4. The maximum absolute atomic E-state index is 12.6. The van der Waals surface area contributed by atoms with Crippen molar-refractivity contribution in [2.45, 2.75) is 31.4 Å². The Morgan fingerprint density at radius 2 is 1.77 bits per heavy atom. The molecule has 0 aliphatic carbocycles. The third-order valence-corrected chi connectivity index (χ3v) is 6.08. The molecule has 0 bridgehead atoms. The summed E-state index contributed by atoms with van der Waals surface area (Å²) in [6.45, 7) is 5.99. The number of fused-ring (bicyclic) bond motifs is 1. The number of aryl methyl sites for hydroxylation is 2. The highest BCUT2D eigenvalue weighted by atomic mass is 35.5. The molecule has 4 aromatic rings. The summed E-state index contributed by atoms with van der Waals surface area (Å²) in [6.07, 6.45) is 0. The third kappa shape index (κ3) is 4.43. The van der Waals surface area contributed by atoms with E-state index in [9.17, 15) is 4.79 Å². The summed E-state index contributed by atoms with van der Waals surface area (Å²) in [5, 5.41) is 13.9. The molecule has 0 amide bonds. The second kappa shape index (κ2) is 9.08. The summed E-state index contributed by atoms with van der Waals surface area (Å²) in [4.78, 5) is 13.7. The van der Waals surface area contributed by atoms with Crippen molar-refractivity contribution in [2.24, 2.45) is 0 Å². The van der Waals surface area contributed by atoms with E-state index in [0.717, 1.165) is 21.7 Å². The first-order valence-electron chi connectivity index (χ1n) is 9.85. The molecule has 4 rings (SSSR count). The van der Waals surface area contributed by atoms with Gasteiger partial charge in [0.25, 0.3) is 0 Å². The molecule has 0 spiro atoms. The van der Waals surface area contributed by atoms with Crippen LogP contribution in [0.2, 0.25) is 5.02 Å². The van der Waals surface area contributed by atoms with E-state index >= 15 is 0 Å². The quantitative estimate of drug-likeness (QED) is 0.283. The van der Waals surface area contributed by atoms with Gasteiger partial charge in [-0.15, -0.1) is 22.0 Å². The molecular weight excluding hydrogens is 432 g/mol. The number of benzene rings is 2. The molecule has 0 aliphatic rings. The van der Waals surface area contributed by atoms with Crippen molar-refractivity contribution in [2.75, 3.05) is 6.61 Å². The highest BCUT2D eigenvalue weighted by Gasteiger charge is 2.23. The summed E-state index contributed by atoms with van der Waals surface area (Å²) < 4.78 is 6.92. The van der Waals surface area contributed by atoms with Crippen molar-refractivity contribution < 1.29 is 9.53 Å². The molecule has 0 unspecified atom stereocenters. The molecule has 2 aromatic carbocycles. The first kappa shape index (κ1) is 21.3. The number of thioether (sulfide) groups is 1. The first-order chi connectivity index (χ1) is 15.0. The molecule has 0 N–H and O–H groups in total. The van der Waals surface area contributed by atoms with E-state index in [1.807, 2.05) is 31.2 Å². The van der Waals surface area contributed by atoms with Gasteiger partial charge in [0.1, 0.15) is 0 Å². The number of carbonyl (C=O) groups excluding carboxylic acids is 1. The van der Waals surface area contributed by atoms with E-state index < -0.39 is 5.97 Å². The van der Waals surface area contributed by atoms with Gasteiger partial charge < -0.3 is 4.74 Å². The molecule has 0 saturated heterocycles. The van der Waals surface area contributed by atoms with Crippen molar-refractivity contribution in [3.63, 3.8) is 0 Å². The van der Waals surface area contributed by atoms with Crippen LogP contribution in [-0.2, 0) is 10.5 Å². The predicted molar refractivity (Wildman–Crippen MR) is 123 cm³/mol. The first-order valence-corrected chi connectivity index (χ1v) is 11.2. The Kier molecular flexibility index (Phi) is 6.25. The maximum Gasteiger partial charge on any atom is 0.360 e. The minimum Gasteiger partial charge on any atom is -0.461 e. The SMILES string of the molecule is CCOC(=O)c1nnc2c(-c3ccc(Cl)cc3)c(C)nn2c1CSc1ccc(C)cc1. The number of carbonyl (C=O) groups is 1. The monoisotopic (exact) mass is 452 g/mol. The zero-order chi connectivity index (χ0) is 22.0. The lowest BCUT2D eigenvalue weighted by molar-refractivity contribution is 0.0516. The minimum absolute atomic E-state index is 0.180. The van der Waals surface area contributed by atoms with E-state index in [2.05, 4.69) is 41.4 Å². The van der Waals surface area contributed by atoms with Gasteiger partial charge >= 0.3 is 5.97 Å². The summed E-state index contributed by atoms with van der Waals surface area (Å²) in [5.41, 5.74) is 5.20. The zero-order valence-electron chi connectivity index (χ0n) is 17.4. The van der Waals surface area contributed by atoms with Gasteiger partial charge in [0.05, 0.1) is 23.6 Å². The molecule has 2 heterocycles. The van der Waals surface area contributed by atoms with Gasteiger partial charge in [0.15, 0.2) is 11.3 Å². The lowest BCUT2D eigenvalue weighted by Gasteiger charge is -2.10. The second-order valence-corrected chi connectivity index (χ2v) is 8.51. The average Bonchev–Trinajstić information content (AvgIpc) is 3.10. The van der Waals surface area contributed by atoms with Gasteiger partial charge in [0, 0.05) is 15.7 Å². The number of hydrogen-bond acceptors (Lipinski definition) is 6. The van der Waals surface area contributed by atoms with Gasteiger partial charge in [-0.3, -0.25) is 0 Å². The highest BCUT2D eigenvalue weighted by molar-refractivity contribution is 7.98. The Bertz CT molecular complexity index is 1240. The molecular formula is C23H21ClN4O2S. The Hall–Kier alpha value is -2.90. The third-order valence-electron chi connectivity index (χ3n) is 4.81. The van der Waals surface area contributed by atoms with Crippen molar-refractivity contribution in [1.82, 2.24) is 19.8 Å². The number of rotatable bonds is 6. The molecule has 8 heteroatoms. The number of ether oxygens (including phenoxy) is 1. The Morgan fingerprint density at radius 3 is 2.45 bits per heavy atom. The lowest BCUT2D eigenvalue weighted by atomic mass is 10.1. The average molecular weight is 453 g/mol. The van der Waals surface area contributed by atoms with E-state index in [0.29, 0.717) is 22.1 Å². The molecule has 0 aliphatic heterocycles. The van der Waals surface area contributed by atoms with Crippen molar-refractivity contribution >= 4 is 35.0 Å². The Labute approximate surface area is 189 Å². The number of aromatic nitrogens is 4. The van der Waals surface area contributed by atoms with Crippen LogP contribution < -0.4 is 0 Å². The van der Waals surface area contributed by atoms with Crippen molar-refractivity contribution in [1.29, 1.82) is 0 Å². The zero-order valence-corrected chi connectivity index (χ0v) is 19.0. The molecule has 31 heavy (non-hydrogen) atoms. The summed E-state index contributed by atoms with van der Waals surface area (Å²) in [5.74, 6) is -0.0117. The molecule has 0 fully saturated rings. The van der Waals surface area contributed by atoms with Crippen LogP contribution in [0.4, 0.5) is 0 Å². The van der Waals surface area contributed by atoms with Crippen molar-refractivity contribution in [3.05, 3.63) is 76.2 Å². The van der Waals surface area contributed by atoms with Gasteiger partial charge in [-0.1, -0.05) is 41.4 Å². The summed E-state index contributed by atoms with van der Waals surface area (Å²) in [7, 11) is 0. The van der Waals surface area contributed by atoms with Crippen LogP contribution >= 0.6 is 23.4 Å². The van der Waals surface area contributed by atoms with Gasteiger partial charge in [-0.05, 0) is 50.6 Å². The number of halogens is 1. The van der Waals surface area contributed by atoms with Gasteiger partial charge in [0.2, 0.25) is 0 Å². The topological polar surface area (TPSA) is 69.4 Å². The fourth-order valence-electron chi connectivity index (χ4n) is 3.28. The summed E-state index contributed by atoms with van der Waals surface area (Å²) in [6, 6.07) is 15.7. The van der Waals surface area contributed by atoms with E-state index in [4.69, 9.17) is 21.4 Å². The molecule has 0 atom stereocenters. The smallest absolute Gasteiger partial charge is 0.360 e. The predicted octanol–water partition coefficient (Wildman–Crippen LogP) is 5.53. The van der Waals surface area contributed by atoms with Crippen LogP contribution in [0.3, 0.4) is 0 Å². The molecule has 2 aromatic heterocycles. The van der Waals surface area contributed by atoms with Crippen LogP contribution in [-0.4, -0.2) is 32.4 Å². The maximum atomic E-state index is 12.6. The second-order valence-electron chi connectivity index (χ2n) is 7.02. The normalized spacial score (nSPS) is 11.1. The molecule has 158 valence electrons. The molecule has 0 saturated carbocycles. The molecule has 0 radical (unpaired) electrons. The fourth-order valence-corrected chi connectivity index (χ4v) is 4.30. The Balaban J connectivity index is 1.82. The standard InChI is InChI=1S/C23H21ClN4O2S/c1-4-30-23(29)21-19(13-31-18-11-5-14(2)6-12-18)28-22(26-25-21)20(15(3)27-28)16-7-9-17(24)10-8-16/h5-12H,4,13H2,1-3H3. The van der Waals surface area contributed by atoms with E-state index in [-0.39, 0.29) is 12.3 Å². The van der Waals surface area contributed by atoms with Crippen LogP contribution in [0, 0.1) is 13.8 Å². The van der Waals surface area contributed by atoms with Gasteiger partial charge in [-0.2, -0.15) is 5.10 Å². The number of esters is 1. The van der Waals surface area contributed by atoms with Crippen molar-refractivity contribution in [3.8, 4) is 11.1 Å². The van der Waals surface area contributed by atoms with Gasteiger partial charge in [-0.25, -0.2) is 9.31 Å². The number of hydrogen-bond donors (Lipinski definition) is 0. The highest BCUT2D eigenvalue weighted by Crippen LogP contribution is 2.31. The van der Waals surface area contributed by atoms with E-state index in [1.54, 1.807) is 23.2 Å². The van der Waals surface area contributed by atoms with Crippen LogP contribution in [0.25, 0.3) is 16.8 Å². The minimum atomic E-state index is -0.502. The van der Waals surface area contributed by atoms with Crippen LogP contribution in [0.1, 0.15) is 34.4 Å². The Morgan fingerprint density at radius 1 is 1.06 bits per heavy atom. The van der Waals surface area contributed by atoms with E-state index in [1.165, 1.54) is 5.56 Å².